The summed E-state index contributed by atoms with van der Waals surface area (Å²) in [7, 11) is 0. The molecule has 1 amide bonds. The van der Waals surface area contributed by atoms with E-state index in [0.29, 0.717) is 32.1 Å². The molecule has 30 heavy (non-hydrogen) atoms. The van der Waals surface area contributed by atoms with E-state index in [0.717, 1.165) is 27.0 Å². The van der Waals surface area contributed by atoms with Crippen LogP contribution in [0.15, 0.2) is 77.4 Å². The highest BCUT2D eigenvalue weighted by molar-refractivity contribution is 9.10. The quantitative estimate of drug-likeness (QED) is 0.488. The zero-order chi connectivity index (χ0) is 20.8. The maximum atomic E-state index is 13.0. The molecule has 0 unspecified atom stereocenters. The van der Waals surface area contributed by atoms with Crippen molar-refractivity contribution in [3.8, 4) is 11.5 Å². The molecule has 2 aromatic carbocycles. The lowest BCUT2D eigenvalue weighted by molar-refractivity contribution is -0.127. The Morgan fingerprint density at radius 3 is 2.57 bits per heavy atom. The largest absolute Gasteiger partial charge is 0.486 e. The third-order valence-electron chi connectivity index (χ3n) is 4.66. The smallest absolute Gasteiger partial charge is 0.247 e. The SMILES string of the molecule is O=C(/C=C/c1ccc2c(c1)OCCO2)N(Cc1ccc(Br)cc1)Cc1ccccn1. The highest BCUT2D eigenvalue weighted by Gasteiger charge is 2.14. The fourth-order valence-corrected chi connectivity index (χ4v) is 3.41. The average molecular weight is 465 g/mol. The van der Waals surface area contributed by atoms with Crippen LogP contribution in [-0.2, 0) is 17.9 Å². The molecule has 1 aliphatic rings. The number of pyridine rings is 1. The Labute approximate surface area is 184 Å². The summed E-state index contributed by atoms with van der Waals surface area (Å²) in [5.74, 6) is 1.35. The Morgan fingerprint density at radius 2 is 1.80 bits per heavy atom. The van der Waals surface area contributed by atoms with E-state index in [1.807, 2.05) is 60.7 Å². The van der Waals surface area contributed by atoms with Gasteiger partial charge in [0.1, 0.15) is 13.2 Å². The number of hydrogen-bond donors (Lipinski definition) is 0. The van der Waals surface area contributed by atoms with Gasteiger partial charge in [0.2, 0.25) is 5.91 Å². The summed E-state index contributed by atoms with van der Waals surface area (Å²) in [5, 5.41) is 0. The number of aromatic nitrogens is 1. The van der Waals surface area contributed by atoms with E-state index >= 15 is 0 Å². The van der Waals surface area contributed by atoms with Crippen molar-refractivity contribution in [2.75, 3.05) is 13.2 Å². The van der Waals surface area contributed by atoms with Crippen molar-refractivity contribution in [2.24, 2.45) is 0 Å². The van der Waals surface area contributed by atoms with Gasteiger partial charge in [0, 0.05) is 23.3 Å². The summed E-state index contributed by atoms with van der Waals surface area (Å²) in [4.78, 5) is 19.2. The number of rotatable bonds is 6. The van der Waals surface area contributed by atoms with E-state index in [-0.39, 0.29) is 5.91 Å². The van der Waals surface area contributed by atoms with Crippen LogP contribution in [0.1, 0.15) is 16.8 Å². The van der Waals surface area contributed by atoms with Crippen LogP contribution >= 0.6 is 15.9 Å². The molecule has 1 aromatic heterocycles. The summed E-state index contributed by atoms with van der Waals surface area (Å²) in [6.45, 7) is 2.01. The van der Waals surface area contributed by atoms with E-state index in [9.17, 15) is 4.79 Å². The molecule has 0 radical (unpaired) electrons. The zero-order valence-corrected chi connectivity index (χ0v) is 17.9. The zero-order valence-electron chi connectivity index (χ0n) is 16.3. The van der Waals surface area contributed by atoms with Gasteiger partial charge < -0.3 is 14.4 Å². The Balaban J connectivity index is 1.52. The molecule has 152 valence electrons. The van der Waals surface area contributed by atoms with Crippen molar-refractivity contribution in [1.29, 1.82) is 0 Å². The van der Waals surface area contributed by atoms with Crippen molar-refractivity contribution in [2.45, 2.75) is 13.1 Å². The van der Waals surface area contributed by atoms with Crippen molar-refractivity contribution >= 4 is 27.9 Å². The van der Waals surface area contributed by atoms with Gasteiger partial charge in [0.15, 0.2) is 11.5 Å². The summed E-state index contributed by atoms with van der Waals surface area (Å²) < 4.78 is 12.2. The topological polar surface area (TPSA) is 51.7 Å². The molecule has 0 atom stereocenters. The Bertz CT molecular complexity index is 1040. The van der Waals surface area contributed by atoms with Crippen LogP contribution in [-0.4, -0.2) is 29.0 Å². The van der Waals surface area contributed by atoms with Crippen LogP contribution in [0.3, 0.4) is 0 Å². The van der Waals surface area contributed by atoms with Gasteiger partial charge in [-0.25, -0.2) is 0 Å². The number of nitrogens with zero attached hydrogens (tertiary/aromatic N) is 2. The second kappa shape index (κ2) is 9.59. The number of amides is 1. The first-order valence-corrected chi connectivity index (χ1v) is 10.5. The number of hydrogen-bond acceptors (Lipinski definition) is 4. The molecule has 0 N–H and O–H groups in total. The molecule has 5 nitrogen and oxygen atoms in total. The molecule has 0 bridgehead atoms. The van der Waals surface area contributed by atoms with Crippen LogP contribution in [0.25, 0.3) is 6.08 Å². The maximum absolute atomic E-state index is 13.0. The van der Waals surface area contributed by atoms with E-state index < -0.39 is 0 Å². The minimum absolute atomic E-state index is 0.0848. The van der Waals surface area contributed by atoms with Crippen molar-refractivity contribution in [1.82, 2.24) is 9.88 Å². The number of carbonyl (C=O) groups is 1. The predicted molar refractivity (Wildman–Crippen MR) is 119 cm³/mol. The molecule has 1 aliphatic heterocycles. The summed E-state index contributed by atoms with van der Waals surface area (Å²) >= 11 is 3.45. The molecule has 0 saturated carbocycles. The lowest BCUT2D eigenvalue weighted by Gasteiger charge is -2.21. The van der Waals surface area contributed by atoms with Gasteiger partial charge in [-0.3, -0.25) is 9.78 Å². The standard InChI is InChI=1S/C24H21BrN2O3/c25-20-8-4-19(5-9-20)16-27(17-21-3-1-2-12-26-21)24(28)11-7-18-6-10-22-23(15-18)30-14-13-29-22/h1-12,15H,13-14,16-17H2/b11-7+. The van der Waals surface area contributed by atoms with Gasteiger partial charge in [-0.15, -0.1) is 0 Å². The van der Waals surface area contributed by atoms with Gasteiger partial charge in [-0.2, -0.15) is 0 Å². The summed E-state index contributed by atoms with van der Waals surface area (Å²) in [6.07, 6.45) is 5.13. The highest BCUT2D eigenvalue weighted by Crippen LogP contribution is 2.31. The summed E-state index contributed by atoms with van der Waals surface area (Å²) in [6, 6.07) is 19.3. The molecular weight excluding hydrogens is 444 g/mol. The average Bonchev–Trinajstić information content (AvgIpc) is 2.79. The molecule has 4 rings (SSSR count). The van der Waals surface area contributed by atoms with Gasteiger partial charge in [-0.05, 0) is 53.6 Å². The fourth-order valence-electron chi connectivity index (χ4n) is 3.15. The van der Waals surface area contributed by atoms with Crippen molar-refractivity contribution < 1.29 is 14.3 Å². The molecule has 0 fully saturated rings. The van der Waals surface area contributed by atoms with Gasteiger partial charge in [0.25, 0.3) is 0 Å². The van der Waals surface area contributed by atoms with E-state index in [1.165, 1.54) is 0 Å². The second-order valence-electron chi connectivity index (χ2n) is 6.88. The van der Waals surface area contributed by atoms with E-state index in [2.05, 4.69) is 20.9 Å². The molecule has 0 aliphatic carbocycles. The van der Waals surface area contributed by atoms with Gasteiger partial charge in [0.05, 0.1) is 12.2 Å². The molecule has 6 heteroatoms. The van der Waals surface area contributed by atoms with E-state index in [4.69, 9.17) is 9.47 Å². The Hall–Kier alpha value is -3.12. The molecular formula is C24H21BrN2O3. The molecule has 0 spiro atoms. The first-order chi connectivity index (χ1) is 14.7. The molecule has 2 heterocycles. The normalized spacial score (nSPS) is 12.7. The van der Waals surface area contributed by atoms with Crippen molar-refractivity contribution in [3.05, 3.63) is 94.2 Å². The maximum Gasteiger partial charge on any atom is 0.247 e. The number of carbonyl (C=O) groups excluding carboxylic acids is 1. The number of ether oxygens (including phenoxy) is 2. The monoisotopic (exact) mass is 464 g/mol. The minimum atomic E-state index is -0.0848. The van der Waals surface area contributed by atoms with E-state index in [1.54, 1.807) is 23.2 Å². The number of fused-ring (bicyclic) bond motifs is 1. The highest BCUT2D eigenvalue weighted by atomic mass is 79.9. The Kier molecular flexibility index (Phi) is 6.44. The lowest BCUT2D eigenvalue weighted by atomic mass is 10.1. The van der Waals surface area contributed by atoms with Crippen molar-refractivity contribution in [3.63, 3.8) is 0 Å². The first-order valence-electron chi connectivity index (χ1n) is 9.68. The number of benzene rings is 2. The predicted octanol–water partition coefficient (Wildman–Crippen LogP) is 4.86. The Morgan fingerprint density at radius 1 is 1.00 bits per heavy atom. The lowest BCUT2D eigenvalue weighted by Crippen LogP contribution is -2.28. The van der Waals surface area contributed by atoms with Crippen LogP contribution in [0, 0.1) is 0 Å². The van der Waals surface area contributed by atoms with Gasteiger partial charge >= 0.3 is 0 Å². The van der Waals surface area contributed by atoms with Crippen LogP contribution in [0.4, 0.5) is 0 Å². The third-order valence-corrected chi connectivity index (χ3v) is 5.19. The van der Waals surface area contributed by atoms with Crippen LogP contribution in [0.2, 0.25) is 0 Å². The second-order valence-corrected chi connectivity index (χ2v) is 7.79. The fraction of sp³-hybridized carbons (Fsp3) is 0.167. The first kappa shape index (κ1) is 20.2. The van der Waals surface area contributed by atoms with Crippen LogP contribution in [0.5, 0.6) is 11.5 Å². The minimum Gasteiger partial charge on any atom is -0.486 e. The molecule has 0 saturated heterocycles. The van der Waals surface area contributed by atoms with Crippen LogP contribution < -0.4 is 9.47 Å². The third kappa shape index (κ3) is 5.27. The van der Waals surface area contributed by atoms with Gasteiger partial charge in [-0.1, -0.05) is 40.2 Å². The summed E-state index contributed by atoms with van der Waals surface area (Å²) in [5.41, 5.74) is 2.78. The molecule has 3 aromatic rings. The number of halogens is 1.